The van der Waals surface area contributed by atoms with Gasteiger partial charge in [0.25, 0.3) is 0 Å². The van der Waals surface area contributed by atoms with Gasteiger partial charge in [-0.1, -0.05) is 12.2 Å². The Kier molecular flexibility index (Phi) is 6.67. The lowest BCUT2D eigenvalue weighted by molar-refractivity contribution is -0.0576. The normalized spacial score (nSPS) is 28.6. The summed E-state index contributed by atoms with van der Waals surface area (Å²) in [6, 6.07) is 0.00540. The number of rotatable bonds is 6. The summed E-state index contributed by atoms with van der Waals surface area (Å²) in [5.74, 6) is 0.0293. The Hall–Kier alpha value is -1.11. The van der Waals surface area contributed by atoms with Crippen molar-refractivity contribution in [3.05, 3.63) is 12.2 Å². The lowest BCUT2D eigenvalue weighted by Crippen LogP contribution is -2.51. The maximum Gasteiger partial charge on any atom is 0.317 e. The largest absolute Gasteiger partial charge is 0.393 e. The van der Waals surface area contributed by atoms with Crippen molar-refractivity contribution in [2.45, 2.75) is 38.3 Å². The summed E-state index contributed by atoms with van der Waals surface area (Å²) in [5, 5.41) is 13.1. The van der Waals surface area contributed by atoms with Crippen LogP contribution in [0.15, 0.2) is 12.2 Å². The van der Waals surface area contributed by atoms with E-state index in [1.807, 2.05) is 11.8 Å². The number of urea groups is 1. The first-order valence-electron chi connectivity index (χ1n) is 8.12. The summed E-state index contributed by atoms with van der Waals surface area (Å²) >= 11 is 0. The molecule has 0 bridgehead atoms. The van der Waals surface area contributed by atoms with Crippen molar-refractivity contribution in [2.75, 3.05) is 39.5 Å². The van der Waals surface area contributed by atoms with Crippen molar-refractivity contribution < 1.29 is 19.4 Å². The zero-order chi connectivity index (χ0) is 15.9. The molecule has 3 unspecified atom stereocenters. The number of aliphatic hydroxyl groups excluding tert-OH is 1. The maximum atomic E-state index is 12.3. The van der Waals surface area contributed by atoms with Crippen LogP contribution in [0, 0.1) is 5.92 Å². The van der Waals surface area contributed by atoms with Crippen LogP contribution in [-0.2, 0) is 9.47 Å². The third-order valence-corrected chi connectivity index (χ3v) is 4.29. The Morgan fingerprint density at radius 3 is 3.05 bits per heavy atom. The van der Waals surface area contributed by atoms with Crippen LogP contribution in [0.5, 0.6) is 0 Å². The quantitative estimate of drug-likeness (QED) is 0.570. The van der Waals surface area contributed by atoms with Gasteiger partial charge in [0, 0.05) is 31.7 Å². The predicted octanol–water partition coefficient (Wildman–Crippen LogP) is 1.15. The van der Waals surface area contributed by atoms with E-state index in [1.54, 1.807) is 0 Å². The van der Waals surface area contributed by atoms with Crippen LogP contribution in [0.25, 0.3) is 0 Å². The number of aliphatic hydroxyl groups is 1. The number of nitrogens with zero attached hydrogens (tertiary/aromatic N) is 1. The van der Waals surface area contributed by atoms with Gasteiger partial charge in [-0.15, -0.1) is 0 Å². The minimum absolute atomic E-state index is 0.0293. The Morgan fingerprint density at radius 2 is 2.32 bits per heavy atom. The summed E-state index contributed by atoms with van der Waals surface area (Å²) in [6.07, 6.45) is 2.20. The summed E-state index contributed by atoms with van der Waals surface area (Å²) in [6.45, 7) is 9.05. The average Bonchev–Trinajstić information content (AvgIpc) is 2.96. The fraction of sp³-hybridized carbons (Fsp3) is 0.812. The number of ether oxygens (including phenoxy) is 2. The maximum absolute atomic E-state index is 12.3. The van der Waals surface area contributed by atoms with Gasteiger partial charge in [0.2, 0.25) is 0 Å². The van der Waals surface area contributed by atoms with Gasteiger partial charge in [0.1, 0.15) is 0 Å². The van der Waals surface area contributed by atoms with E-state index in [1.165, 1.54) is 0 Å². The van der Waals surface area contributed by atoms with E-state index in [0.29, 0.717) is 39.4 Å². The molecule has 0 saturated carbocycles. The zero-order valence-electron chi connectivity index (χ0n) is 13.4. The van der Waals surface area contributed by atoms with Gasteiger partial charge in [0.05, 0.1) is 25.9 Å². The molecule has 22 heavy (non-hydrogen) atoms. The molecule has 2 aliphatic heterocycles. The van der Waals surface area contributed by atoms with Crippen LogP contribution >= 0.6 is 0 Å². The monoisotopic (exact) mass is 312 g/mol. The van der Waals surface area contributed by atoms with Crippen molar-refractivity contribution in [3.8, 4) is 0 Å². The van der Waals surface area contributed by atoms with E-state index >= 15 is 0 Å². The van der Waals surface area contributed by atoms with E-state index in [2.05, 4.69) is 11.9 Å². The molecule has 6 nitrogen and oxygen atoms in total. The molecule has 2 N–H and O–H groups in total. The van der Waals surface area contributed by atoms with Gasteiger partial charge in [-0.3, -0.25) is 0 Å². The van der Waals surface area contributed by atoms with E-state index in [4.69, 9.17) is 9.47 Å². The first kappa shape index (κ1) is 17.2. The number of hydrogen-bond donors (Lipinski definition) is 2. The molecule has 0 spiro atoms. The highest BCUT2D eigenvalue weighted by Gasteiger charge is 2.39. The zero-order valence-corrected chi connectivity index (χ0v) is 13.4. The Bertz CT molecular complexity index is 388. The standard InChI is InChI=1S/C16H28N2O4/c1-12(2)10-22-9-6-17-16(20)18-7-3-4-14(18)13-11-21-8-5-15(13)19/h13-15,19H,1,3-11H2,2H3,(H,17,20). The SMILES string of the molecule is C=C(C)COCCNC(=O)N1CCCC1C1COCCC1O. The molecule has 3 atom stereocenters. The van der Waals surface area contributed by atoms with E-state index in [0.717, 1.165) is 25.0 Å². The third-order valence-electron chi connectivity index (χ3n) is 4.29. The highest BCUT2D eigenvalue weighted by atomic mass is 16.5. The first-order valence-corrected chi connectivity index (χ1v) is 8.12. The Balaban J connectivity index is 1.77. The van der Waals surface area contributed by atoms with Crippen LogP contribution in [0.4, 0.5) is 4.79 Å². The highest BCUT2D eigenvalue weighted by molar-refractivity contribution is 5.74. The molecule has 0 aromatic carbocycles. The van der Waals surface area contributed by atoms with Crippen molar-refractivity contribution in [3.63, 3.8) is 0 Å². The van der Waals surface area contributed by atoms with Gasteiger partial charge < -0.3 is 24.8 Å². The van der Waals surface area contributed by atoms with Crippen molar-refractivity contribution in [2.24, 2.45) is 5.92 Å². The number of carbonyl (C=O) groups excluding carboxylic acids is 1. The second-order valence-electron chi connectivity index (χ2n) is 6.24. The Labute approximate surface area is 132 Å². The number of nitrogens with one attached hydrogen (secondary N) is 1. The molecule has 2 amide bonds. The number of carbonyl (C=O) groups is 1. The molecular weight excluding hydrogens is 284 g/mol. The van der Waals surface area contributed by atoms with Crippen LogP contribution in [-0.4, -0.2) is 67.7 Å². The molecule has 0 aliphatic carbocycles. The lowest BCUT2D eigenvalue weighted by Gasteiger charge is -2.36. The highest BCUT2D eigenvalue weighted by Crippen LogP contribution is 2.29. The molecule has 2 saturated heterocycles. The molecule has 2 heterocycles. The third kappa shape index (κ3) is 4.69. The van der Waals surface area contributed by atoms with Crippen molar-refractivity contribution in [1.29, 1.82) is 0 Å². The second kappa shape index (κ2) is 8.50. The smallest absolute Gasteiger partial charge is 0.317 e. The molecule has 0 radical (unpaired) electrons. The number of hydrogen-bond acceptors (Lipinski definition) is 4. The molecular formula is C16H28N2O4. The fourth-order valence-electron chi connectivity index (χ4n) is 3.18. The molecule has 0 aromatic rings. The first-order chi connectivity index (χ1) is 10.6. The van der Waals surface area contributed by atoms with Crippen LogP contribution in [0.1, 0.15) is 26.2 Å². The molecule has 2 rings (SSSR count). The predicted molar refractivity (Wildman–Crippen MR) is 83.7 cm³/mol. The van der Waals surface area contributed by atoms with E-state index in [-0.39, 0.29) is 24.1 Å². The van der Waals surface area contributed by atoms with Gasteiger partial charge in [-0.2, -0.15) is 0 Å². The topological polar surface area (TPSA) is 71.0 Å². The molecule has 2 fully saturated rings. The van der Waals surface area contributed by atoms with Gasteiger partial charge in [-0.25, -0.2) is 4.79 Å². The second-order valence-corrected chi connectivity index (χ2v) is 6.24. The lowest BCUT2D eigenvalue weighted by atomic mass is 9.89. The number of amides is 2. The van der Waals surface area contributed by atoms with Crippen LogP contribution in [0.3, 0.4) is 0 Å². The van der Waals surface area contributed by atoms with Crippen LogP contribution < -0.4 is 5.32 Å². The van der Waals surface area contributed by atoms with E-state index in [9.17, 15) is 9.90 Å². The molecule has 0 aromatic heterocycles. The number of likely N-dealkylation sites (tertiary alicyclic amines) is 1. The summed E-state index contributed by atoms with van der Waals surface area (Å²) in [5.41, 5.74) is 0.970. The summed E-state index contributed by atoms with van der Waals surface area (Å²) < 4.78 is 10.9. The summed E-state index contributed by atoms with van der Waals surface area (Å²) in [7, 11) is 0. The van der Waals surface area contributed by atoms with Crippen molar-refractivity contribution in [1.82, 2.24) is 10.2 Å². The van der Waals surface area contributed by atoms with E-state index < -0.39 is 0 Å². The average molecular weight is 312 g/mol. The molecule has 6 heteroatoms. The van der Waals surface area contributed by atoms with Crippen LogP contribution in [0.2, 0.25) is 0 Å². The molecule has 126 valence electrons. The van der Waals surface area contributed by atoms with Crippen molar-refractivity contribution >= 4 is 6.03 Å². The van der Waals surface area contributed by atoms with Gasteiger partial charge in [-0.05, 0) is 26.2 Å². The van der Waals surface area contributed by atoms with Gasteiger partial charge >= 0.3 is 6.03 Å². The molecule has 2 aliphatic rings. The Morgan fingerprint density at radius 1 is 1.50 bits per heavy atom. The fourth-order valence-corrected chi connectivity index (χ4v) is 3.18. The minimum atomic E-state index is -0.369. The summed E-state index contributed by atoms with van der Waals surface area (Å²) in [4.78, 5) is 14.2. The van der Waals surface area contributed by atoms with Gasteiger partial charge in [0.15, 0.2) is 0 Å². The minimum Gasteiger partial charge on any atom is -0.393 e.